The van der Waals surface area contributed by atoms with Crippen molar-refractivity contribution in [1.82, 2.24) is 0 Å². The van der Waals surface area contributed by atoms with Crippen molar-refractivity contribution in [3.63, 3.8) is 0 Å². The summed E-state index contributed by atoms with van der Waals surface area (Å²) in [6.07, 6.45) is 2.16. The van der Waals surface area contributed by atoms with Crippen LogP contribution in [-0.2, 0) is 9.53 Å². The van der Waals surface area contributed by atoms with Gasteiger partial charge in [0.05, 0.1) is 5.88 Å². The highest BCUT2D eigenvalue weighted by molar-refractivity contribution is 6.19. The van der Waals surface area contributed by atoms with Crippen LogP contribution in [0.3, 0.4) is 0 Å². The summed E-state index contributed by atoms with van der Waals surface area (Å²) in [6.45, 7) is 5.15. The minimum Gasteiger partial charge on any atom is -0.458 e. The second-order valence-corrected chi connectivity index (χ2v) is 1.85. The van der Waals surface area contributed by atoms with Crippen molar-refractivity contribution in [1.29, 1.82) is 0 Å². The van der Waals surface area contributed by atoms with Gasteiger partial charge in [-0.2, -0.15) is 0 Å². The Morgan fingerprint density at radius 3 is 2.70 bits per heavy atom. The Balaban J connectivity index is 3.87. The van der Waals surface area contributed by atoms with Gasteiger partial charge in [-0.15, -0.1) is 11.6 Å². The van der Waals surface area contributed by atoms with Gasteiger partial charge in [0.25, 0.3) is 0 Å². The van der Waals surface area contributed by atoms with Crippen molar-refractivity contribution in [2.45, 2.75) is 6.92 Å². The molecule has 0 atom stereocenters. The average molecular weight is 161 g/mol. The van der Waals surface area contributed by atoms with Crippen molar-refractivity contribution in [2.24, 2.45) is 0 Å². The topological polar surface area (TPSA) is 26.3 Å². The van der Waals surface area contributed by atoms with Gasteiger partial charge >= 0.3 is 0 Å². The third-order valence-corrected chi connectivity index (χ3v) is 1.11. The standard InChI is InChI=1S/C7H9ClO2/c1-3-7(5-9)10-6(2)4-8/h3,5H,2,4H2,1H3/b7-3-. The van der Waals surface area contributed by atoms with E-state index >= 15 is 0 Å². The maximum atomic E-state index is 10.1. The first-order chi connectivity index (χ1) is 4.74. The number of allylic oxidation sites excluding steroid dienone is 3. The summed E-state index contributed by atoms with van der Waals surface area (Å²) in [6, 6.07) is 0. The van der Waals surface area contributed by atoms with Crippen molar-refractivity contribution in [3.05, 3.63) is 24.2 Å². The van der Waals surface area contributed by atoms with Crippen LogP contribution in [0.15, 0.2) is 24.2 Å². The lowest BCUT2D eigenvalue weighted by Crippen LogP contribution is -1.93. The lowest BCUT2D eigenvalue weighted by Gasteiger charge is -2.02. The first-order valence-electron chi connectivity index (χ1n) is 2.77. The van der Waals surface area contributed by atoms with Crippen LogP contribution in [0.4, 0.5) is 0 Å². The molecule has 0 bridgehead atoms. The Morgan fingerprint density at radius 1 is 1.80 bits per heavy atom. The number of halogens is 1. The largest absolute Gasteiger partial charge is 0.458 e. The summed E-state index contributed by atoms with van der Waals surface area (Å²) < 4.78 is 4.86. The summed E-state index contributed by atoms with van der Waals surface area (Å²) >= 11 is 5.34. The zero-order valence-corrected chi connectivity index (χ0v) is 6.52. The van der Waals surface area contributed by atoms with Crippen LogP contribution in [0.1, 0.15) is 6.92 Å². The average Bonchev–Trinajstić information content (AvgIpc) is 1.99. The third-order valence-electron chi connectivity index (χ3n) is 0.812. The molecule has 0 spiro atoms. The first-order valence-corrected chi connectivity index (χ1v) is 3.31. The fraction of sp³-hybridized carbons (Fsp3) is 0.286. The maximum absolute atomic E-state index is 10.1. The minimum absolute atomic E-state index is 0.200. The molecule has 0 fully saturated rings. The molecule has 0 aliphatic rings. The van der Waals surface area contributed by atoms with Gasteiger partial charge in [0.1, 0.15) is 5.76 Å². The van der Waals surface area contributed by atoms with Crippen LogP contribution in [0, 0.1) is 0 Å². The molecule has 0 heterocycles. The highest BCUT2D eigenvalue weighted by atomic mass is 35.5. The maximum Gasteiger partial charge on any atom is 0.184 e. The lowest BCUT2D eigenvalue weighted by molar-refractivity contribution is -0.107. The van der Waals surface area contributed by atoms with Gasteiger partial charge in [0, 0.05) is 0 Å². The summed E-state index contributed by atoms with van der Waals surface area (Å²) in [5.74, 6) is 0.818. The van der Waals surface area contributed by atoms with Crippen molar-refractivity contribution in [3.8, 4) is 0 Å². The smallest absolute Gasteiger partial charge is 0.184 e. The van der Waals surface area contributed by atoms with E-state index in [9.17, 15) is 4.79 Å². The van der Waals surface area contributed by atoms with Crippen molar-refractivity contribution in [2.75, 3.05) is 5.88 Å². The Labute approximate surface area is 65.1 Å². The Bertz CT molecular complexity index is 161. The van der Waals surface area contributed by atoms with Crippen LogP contribution >= 0.6 is 11.6 Å². The molecular formula is C7H9ClO2. The zero-order valence-electron chi connectivity index (χ0n) is 5.76. The van der Waals surface area contributed by atoms with Gasteiger partial charge in [-0.05, 0) is 13.0 Å². The lowest BCUT2D eigenvalue weighted by atomic mass is 10.5. The highest BCUT2D eigenvalue weighted by Crippen LogP contribution is 2.02. The minimum atomic E-state index is 0.200. The second-order valence-electron chi connectivity index (χ2n) is 1.58. The number of aldehydes is 1. The molecular weight excluding hydrogens is 152 g/mol. The quantitative estimate of drug-likeness (QED) is 0.272. The molecule has 2 nitrogen and oxygen atoms in total. The van der Waals surface area contributed by atoms with Gasteiger partial charge in [0.15, 0.2) is 12.0 Å². The number of hydrogen-bond donors (Lipinski definition) is 0. The number of carbonyl (C=O) groups is 1. The molecule has 3 heteroatoms. The van der Waals surface area contributed by atoms with Crippen LogP contribution in [0.25, 0.3) is 0 Å². The molecule has 0 aromatic carbocycles. The van der Waals surface area contributed by atoms with E-state index in [1.165, 1.54) is 0 Å². The van der Waals surface area contributed by atoms with E-state index in [4.69, 9.17) is 16.3 Å². The molecule has 0 aromatic heterocycles. The van der Waals surface area contributed by atoms with Gasteiger partial charge in [0.2, 0.25) is 0 Å². The van der Waals surface area contributed by atoms with Gasteiger partial charge in [-0.3, -0.25) is 4.79 Å². The molecule has 10 heavy (non-hydrogen) atoms. The van der Waals surface area contributed by atoms with E-state index in [1.54, 1.807) is 13.0 Å². The van der Waals surface area contributed by atoms with E-state index < -0.39 is 0 Å². The molecule has 0 aliphatic heterocycles. The van der Waals surface area contributed by atoms with E-state index in [0.717, 1.165) is 0 Å². The Morgan fingerprint density at radius 2 is 2.40 bits per heavy atom. The number of ether oxygens (including phenoxy) is 1. The SMILES string of the molecule is C=C(CCl)O/C(C=O)=C\C. The Hall–Kier alpha value is -0.760. The molecule has 0 rings (SSSR count). The van der Waals surface area contributed by atoms with Gasteiger partial charge in [-0.1, -0.05) is 6.58 Å². The monoisotopic (exact) mass is 160 g/mol. The molecule has 0 unspecified atom stereocenters. The van der Waals surface area contributed by atoms with Crippen molar-refractivity contribution < 1.29 is 9.53 Å². The fourth-order valence-electron chi connectivity index (χ4n) is 0.345. The summed E-state index contributed by atoms with van der Waals surface area (Å²) in [7, 11) is 0. The summed E-state index contributed by atoms with van der Waals surface area (Å²) in [4.78, 5) is 10.1. The van der Waals surface area contributed by atoms with Crippen molar-refractivity contribution >= 4 is 17.9 Å². The summed E-state index contributed by atoms with van der Waals surface area (Å²) in [5.41, 5.74) is 0. The summed E-state index contributed by atoms with van der Waals surface area (Å²) in [5, 5.41) is 0. The van der Waals surface area contributed by atoms with Crippen LogP contribution in [0.2, 0.25) is 0 Å². The number of hydrogen-bond acceptors (Lipinski definition) is 2. The molecule has 56 valence electrons. The van der Waals surface area contributed by atoms with E-state index in [2.05, 4.69) is 6.58 Å². The highest BCUT2D eigenvalue weighted by Gasteiger charge is 1.95. The molecule has 0 amide bonds. The van der Waals surface area contributed by atoms with E-state index in [0.29, 0.717) is 12.0 Å². The predicted octanol–water partition coefficient (Wildman–Crippen LogP) is 1.86. The van der Waals surface area contributed by atoms with Crippen LogP contribution < -0.4 is 0 Å². The molecule has 0 saturated heterocycles. The zero-order chi connectivity index (χ0) is 7.98. The molecule has 0 aromatic rings. The van der Waals surface area contributed by atoms with Crippen LogP contribution in [-0.4, -0.2) is 12.2 Å². The first kappa shape index (κ1) is 9.24. The molecule has 0 aliphatic carbocycles. The molecule has 0 N–H and O–H groups in total. The van der Waals surface area contributed by atoms with E-state index in [1.807, 2.05) is 0 Å². The van der Waals surface area contributed by atoms with Gasteiger partial charge in [-0.25, -0.2) is 0 Å². The number of carbonyl (C=O) groups excluding carboxylic acids is 1. The second kappa shape index (κ2) is 5.06. The normalized spacial score (nSPS) is 10.8. The molecule has 0 radical (unpaired) electrons. The fourth-order valence-corrected chi connectivity index (χ4v) is 0.400. The molecule has 0 saturated carbocycles. The predicted molar refractivity (Wildman–Crippen MR) is 40.8 cm³/mol. The third kappa shape index (κ3) is 3.30. The van der Waals surface area contributed by atoms with Crippen LogP contribution in [0.5, 0.6) is 0 Å². The number of rotatable bonds is 4. The number of alkyl halides is 1. The van der Waals surface area contributed by atoms with E-state index in [-0.39, 0.29) is 11.6 Å². The van der Waals surface area contributed by atoms with Gasteiger partial charge < -0.3 is 4.74 Å². The Kier molecular flexibility index (Phi) is 4.67.